The van der Waals surface area contributed by atoms with Crippen molar-refractivity contribution >= 4 is 11.7 Å². The molecule has 8 heteroatoms. The van der Waals surface area contributed by atoms with E-state index < -0.39 is 12.5 Å². The molecule has 152 valence electrons. The second kappa shape index (κ2) is 8.68. The largest absolute Gasteiger partial charge is 0.383 e. The number of aryl methyl sites for hydroxylation is 1. The van der Waals surface area contributed by atoms with Gasteiger partial charge in [0.05, 0.1) is 17.9 Å². The zero-order valence-electron chi connectivity index (χ0n) is 16.2. The number of hydrogen-bond acceptors (Lipinski definition) is 4. The maximum atomic E-state index is 14.4. The molecule has 0 aliphatic heterocycles. The van der Waals surface area contributed by atoms with Gasteiger partial charge in [-0.25, -0.2) is 0 Å². The minimum atomic E-state index is -3.00. The number of aliphatic imine (C=N–C) groups is 1. The van der Waals surface area contributed by atoms with Crippen molar-refractivity contribution in [2.45, 2.75) is 51.2 Å². The summed E-state index contributed by atoms with van der Waals surface area (Å²) in [6, 6.07) is 6.39. The summed E-state index contributed by atoms with van der Waals surface area (Å²) in [5.41, 5.74) is 7.54. The summed E-state index contributed by atoms with van der Waals surface area (Å²) in [6.45, 7) is 3.80. The fourth-order valence-corrected chi connectivity index (χ4v) is 3.37. The number of anilines is 1. The third-order valence-corrected chi connectivity index (χ3v) is 4.94. The predicted octanol–water partition coefficient (Wildman–Crippen LogP) is 3.39. The molecule has 1 aromatic heterocycles. The van der Waals surface area contributed by atoms with Gasteiger partial charge in [0.1, 0.15) is 18.3 Å². The standard InChI is InChI=1S/C20H27F2N5O/c1-3-24-19(17-11-25-27-18(17)23)26-15-8-9-16(10-15)28-12-20(21,22)14-6-4-13(2)5-7-14/h4-7,11,15-16H,3,8-10,12H2,1-2H3,(H,24,26)(H3,23,25,27). The molecule has 1 heterocycles. The number of nitrogen functional groups attached to an aromatic ring is 1. The van der Waals surface area contributed by atoms with Crippen LogP contribution in [0.2, 0.25) is 0 Å². The van der Waals surface area contributed by atoms with Crippen LogP contribution in [-0.2, 0) is 10.7 Å². The minimum absolute atomic E-state index is 0.0152. The molecular formula is C20H27F2N5O. The van der Waals surface area contributed by atoms with Crippen LogP contribution in [0.15, 0.2) is 35.5 Å². The molecule has 2 unspecified atom stereocenters. The topological polar surface area (TPSA) is 88.3 Å². The normalized spacial score (nSPS) is 20.5. The van der Waals surface area contributed by atoms with E-state index in [1.165, 1.54) is 12.1 Å². The van der Waals surface area contributed by atoms with E-state index in [9.17, 15) is 8.78 Å². The first-order chi connectivity index (χ1) is 13.4. The average molecular weight is 391 g/mol. The highest BCUT2D eigenvalue weighted by Gasteiger charge is 2.35. The zero-order chi connectivity index (χ0) is 20.1. The molecule has 1 aliphatic rings. The highest BCUT2D eigenvalue weighted by molar-refractivity contribution is 6.02. The van der Waals surface area contributed by atoms with E-state index in [1.54, 1.807) is 18.3 Å². The van der Waals surface area contributed by atoms with Crippen molar-refractivity contribution in [2.75, 3.05) is 18.9 Å². The lowest BCUT2D eigenvalue weighted by Crippen LogP contribution is -2.35. The third kappa shape index (κ3) is 4.86. The van der Waals surface area contributed by atoms with Gasteiger partial charge < -0.3 is 15.8 Å². The van der Waals surface area contributed by atoms with Crippen LogP contribution >= 0.6 is 0 Å². The van der Waals surface area contributed by atoms with Gasteiger partial charge in [-0.1, -0.05) is 29.8 Å². The number of rotatable bonds is 7. The number of aromatic nitrogens is 2. The Balaban J connectivity index is 1.54. The molecule has 0 radical (unpaired) electrons. The molecule has 0 saturated heterocycles. The summed E-state index contributed by atoms with van der Waals surface area (Å²) in [4.78, 5) is 4.45. The number of benzene rings is 1. The number of nitrogens with two attached hydrogens (primary N) is 1. The molecule has 4 N–H and O–H groups in total. The van der Waals surface area contributed by atoms with Crippen molar-refractivity contribution in [3.8, 4) is 0 Å². The molecule has 1 saturated carbocycles. The van der Waals surface area contributed by atoms with Gasteiger partial charge in [0, 0.05) is 18.2 Å². The average Bonchev–Trinajstić information content (AvgIpc) is 3.29. The van der Waals surface area contributed by atoms with Crippen LogP contribution in [0, 0.1) is 6.92 Å². The van der Waals surface area contributed by atoms with Crippen molar-refractivity contribution in [3.63, 3.8) is 0 Å². The first-order valence-corrected chi connectivity index (χ1v) is 9.56. The Morgan fingerprint density at radius 3 is 2.75 bits per heavy atom. The van der Waals surface area contributed by atoms with Crippen LogP contribution in [0.25, 0.3) is 0 Å². The van der Waals surface area contributed by atoms with E-state index in [4.69, 9.17) is 10.5 Å². The molecule has 0 bridgehead atoms. The lowest BCUT2D eigenvalue weighted by atomic mass is 10.1. The van der Waals surface area contributed by atoms with Gasteiger partial charge in [-0.2, -0.15) is 13.9 Å². The van der Waals surface area contributed by atoms with Gasteiger partial charge in [-0.3, -0.25) is 10.1 Å². The number of nitrogens with one attached hydrogen (secondary N) is 2. The molecule has 2 aromatic rings. The highest BCUT2D eigenvalue weighted by Crippen LogP contribution is 2.31. The van der Waals surface area contributed by atoms with Gasteiger partial charge in [0.25, 0.3) is 5.92 Å². The van der Waals surface area contributed by atoms with Crippen LogP contribution in [-0.4, -0.2) is 41.3 Å². The number of ether oxygens (including phenoxy) is 1. The second-order valence-corrected chi connectivity index (χ2v) is 7.18. The summed E-state index contributed by atoms with van der Waals surface area (Å²) in [5, 5.41) is 9.99. The van der Waals surface area contributed by atoms with Gasteiger partial charge in [-0.05, 0) is 33.1 Å². The fourth-order valence-electron chi connectivity index (χ4n) is 3.37. The maximum absolute atomic E-state index is 14.4. The van der Waals surface area contributed by atoms with Crippen LogP contribution in [0.4, 0.5) is 14.6 Å². The van der Waals surface area contributed by atoms with Crippen LogP contribution < -0.4 is 11.1 Å². The molecule has 0 spiro atoms. The zero-order valence-corrected chi connectivity index (χ0v) is 16.2. The van der Waals surface area contributed by atoms with E-state index >= 15 is 0 Å². The van der Waals surface area contributed by atoms with Gasteiger partial charge in [0.15, 0.2) is 0 Å². The minimum Gasteiger partial charge on any atom is -0.383 e. The summed E-state index contributed by atoms with van der Waals surface area (Å²) in [6.07, 6.45) is 3.61. The van der Waals surface area contributed by atoms with E-state index in [1.807, 2.05) is 13.8 Å². The number of H-pyrrole nitrogens is 1. The van der Waals surface area contributed by atoms with Crippen molar-refractivity contribution < 1.29 is 13.5 Å². The highest BCUT2D eigenvalue weighted by atomic mass is 19.3. The molecule has 2 atom stereocenters. The Morgan fingerprint density at radius 1 is 1.36 bits per heavy atom. The fraction of sp³-hybridized carbons (Fsp3) is 0.500. The Hall–Kier alpha value is -2.48. The van der Waals surface area contributed by atoms with E-state index in [0.717, 1.165) is 24.0 Å². The maximum Gasteiger partial charge on any atom is 0.296 e. The van der Waals surface area contributed by atoms with E-state index in [0.29, 0.717) is 24.6 Å². The van der Waals surface area contributed by atoms with Gasteiger partial charge in [-0.15, -0.1) is 0 Å². The second-order valence-electron chi connectivity index (χ2n) is 7.18. The van der Waals surface area contributed by atoms with Crippen molar-refractivity contribution in [1.29, 1.82) is 0 Å². The number of nitrogens with zero attached hydrogens (tertiary/aromatic N) is 2. The molecule has 1 aliphatic carbocycles. The summed E-state index contributed by atoms with van der Waals surface area (Å²) in [7, 11) is 0. The molecule has 1 aromatic carbocycles. The first-order valence-electron chi connectivity index (χ1n) is 9.56. The SMILES string of the molecule is CCN=C(NC1CCC(OCC(F)(F)c2ccc(C)cc2)C1)c1cn[nH]c1N. The van der Waals surface area contributed by atoms with Crippen molar-refractivity contribution in [1.82, 2.24) is 15.5 Å². The van der Waals surface area contributed by atoms with Crippen molar-refractivity contribution in [2.24, 2.45) is 4.99 Å². The van der Waals surface area contributed by atoms with Crippen LogP contribution in [0.5, 0.6) is 0 Å². The third-order valence-electron chi connectivity index (χ3n) is 4.94. The van der Waals surface area contributed by atoms with E-state index in [-0.39, 0.29) is 17.7 Å². The molecule has 28 heavy (non-hydrogen) atoms. The lowest BCUT2D eigenvalue weighted by molar-refractivity contribution is -0.103. The summed E-state index contributed by atoms with van der Waals surface area (Å²) < 4.78 is 34.4. The monoisotopic (exact) mass is 391 g/mol. The van der Waals surface area contributed by atoms with Crippen molar-refractivity contribution in [3.05, 3.63) is 47.2 Å². The van der Waals surface area contributed by atoms with Gasteiger partial charge in [0.2, 0.25) is 0 Å². The molecule has 3 rings (SSSR count). The van der Waals surface area contributed by atoms with Crippen LogP contribution in [0.1, 0.15) is 42.9 Å². The Kier molecular flexibility index (Phi) is 6.28. The number of halogens is 2. The van der Waals surface area contributed by atoms with Gasteiger partial charge >= 0.3 is 0 Å². The number of amidine groups is 1. The predicted molar refractivity (Wildman–Crippen MR) is 106 cm³/mol. The Labute approximate surface area is 163 Å². The lowest BCUT2D eigenvalue weighted by Gasteiger charge is -2.20. The Bertz CT molecular complexity index is 803. The molecule has 0 amide bonds. The quantitative estimate of drug-likeness (QED) is 0.499. The number of hydrogen-bond donors (Lipinski definition) is 3. The summed E-state index contributed by atoms with van der Waals surface area (Å²) in [5.74, 6) is -1.88. The number of alkyl halides is 2. The molecular weight excluding hydrogens is 364 g/mol. The van der Waals surface area contributed by atoms with Crippen LogP contribution in [0.3, 0.4) is 0 Å². The first kappa shape index (κ1) is 20.3. The smallest absolute Gasteiger partial charge is 0.296 e. The molecule has 1 fully saturated rings. The molecule has 6 nitrogen and oxygen atoms in total. The number of aromatic amines is 1. The van der Waals surface area contributed by atoms with E-state index in [2.05, 4.69) is 20.5 Å². The summed E-state index contributed by atoms with van der Waals surface area (Å²) >= 11 is 0. The Morgan fingerprint density at radius 2 is 2.11 bits per heavy atom.